The SMILES string of the molecule is COC(=O)CCN(C)C(=O)C1(C(N)=S)CCCC1. The molecule has 5 nitrogen and oxygen atoms in total. The number of hydrogen-bond acceptors (Lipinski definition) is 4. The maximum absolute atomic E-state index is 12.4. The van der Waals surface area contributed by atoms with E-state index in [0.717, 1.165) is 12.8 Å². The largest absolute Gasteiger partial charge is 0.469 e. The fourth-order valence-electron chi connectivity index (χ4n) is 2.37. The molecule has 0 radical (unpaired) electrons. The lowest BCUT2D eigenvalue weighted by molar-refractivity contribution is -0.142. The van der Waals surface area contributed by atoms with Crippen LogP contribution in [0.1, 0.15) is 32.1 Å². The van der Waals surface area contributed by atoms with Crippen LogP contribution in [0.3, 0.4) is 0 Å². The summed E-state index contributed by atoms with van der Waals surface area (Å²) in [6.07, 6.45) is 3.54. The van der Waals surface area contributed by atoms with Crippen molar-refractivity contribution < 1.29 is 14.3 Å². The number of methoxy groups -OCH3 is 1. The van der Waals surface area contributed by atoms with Crippen molar-refractivity contribution in [1.82, 2.24) is 4.90 Å². The fraction of sp³-hybridized carbons (Fsp3) is 0.750. The van der Waals surface area contributed by atoms with Crippen LogP contribution in [-0.4, -0.2) is 42.5 Å². The Labute approximate surface area is 113 Å². The summed E-state index contributed by atoms with van der Waals surface area (Å²) in [6, 6.07) is 0. The third-order valence-corrected chi connectivity index (χ3v) is 3.95. The van der Waals surface area contributed by atoms with Crippen LogP contribution < -0.4 is 5.73 Å². The predicted octanol–water partition coefficient (Wildman–Crippen LogP) is 0.854. The van der Waals surface area contributed by atoms with Gasteiger partial charge in [0.15, 0.2) is 0 Å². The summed E-state index contributed by atoms with van der Waals surface area (Å²) in [4.78, 5) is 25.3. The summed E-state index contributed by atoms with van der Waals surface area (Å²) in [6.45, 7) is 0.329. The van der Waals surface area contributed by atoms with E-state index in [4.69, 9.17) is 18.0 Å². The second-order valence-electron chi connectivity index (χ2n) is 4.71. The van der Waals surface area contributed by atoms with Crippen molar-refractivity contribution in [3.05, 3.63) is 0 Å². The van der Waals surface area contributed by atoms with Crippen LogP contribution in [0.4, 0.5) is 0 Å². The zero-order chi connectivity index (χ0) is 13.8. The standard InChI is InChI=1S/C12H20N2O3S/c1-14(8-5-9(15)17-2)11(16)12(10(13)18)6-3-4-7-12/h3-8H2,1-2H3,(H2,13,18). The Balaban J connectivity index is 2.66. The number of esters is 1. The number of hydrogen-bond donors (Lipinski definition) is 1. The predicted molar refractivity (Wildman–Crippen MR) is 72.0 cm³/mol. The Bertz CT molecular complexity index is 351. The number of carbonyl (C=O) groups excluding carboxylic acids is 2. The van der Waals surface area contributed by atoms with E-state index in [1.807, 2.05) is 0 Å². The molecule has 0 aliphatic heterocycles. The van der Waals surface area contributed by atoms with Gasteiger partial charge in [0.25, 0.3) is 0 Å². The molecule has 0 saturated heterocycles. The van der Waals surface area contributed by atoms with E-state index < -0.39 is 5.41 Å². The highest BCUT2D eigenvalue weighted by Crippen LogP contribution is 2.39. The monoisotopic (exact) mass is 272 g/mol. The van der Waals surface area contributed by atoms with E-state index in [0.29, 0.717) is 19.4 Å². The molecular formula is C12H20N2O3S. The second-order valence-corrected chi connectivity index (χ2v) is 5.15. The van der Waals surface area contributed by atoms with Crippen LogP contribution in [0, 0.1) is 5.41 Å². The van der Waals surface area contributed by atoms with Gasteiger partial charge in [-0.1, -0.05) is 25.1 Å². The van der Waals surface area contributed by atoms with Gasteiger partial charge in [0, 0.05) is 13.6 Å². The number of carbonyl (C=O) groups is 2. The molecule has 0 atom stereocenters. The summed E-state index contributed by atoms with van der Waals surface area (Å²) in [5.74, 6) is -0.401. The maximum Gasteiger partial charge on any atom is 0.307 e. The molecule has 2 N–H and O–H groups in total. The van der Waals surface area contributed by atoms with E-state index >= 15 is 0 Å². The molecule has 0 unspecified atom stereocenters. The third-order valence-electron chi connectivity index (χ3n) is 3.56. The number of nitrogens with zero attached hydrogens (tertiary/aromatic N) is 1. The molecule has 0 aromatic rings. The van der Waals surface area contributed by atoms with Gasteiger partial charge < -0.3 is 15.4 Å². The molecule has 1 aliphatic carbocycles. The topological polar surface area (TPSA) is 72.6 Å². The normalized spacial score (nSPS) is 17.2. The van der Waals surface area contributed by atoms with Gasteiger partial charge in [0.2, 0.25) is 5.91 Å². The first-order valence-electron chi connectivity index (χ1n) is 6.06. The van der Waals surface area contributed by atoms with Gasteiger partial charge in [0.1, 0.15) is 0 Å². The summed E-state index contributed by atoms with van der Waals surface area (Å²) >= 11 is 5.06. The van der Waals surface area contributed by atoms with Crippen LogP contribution >= 0.6 is 12.2 Å². The minimum atomic E-state index is -0.694. The van der Waals surface area contributed by atoms with Crippen molar-refractivity contribution >= 4 is 29.1 Å². The zero-order valence-electron chi connectivity index (χ0n) is 10.9. The first kappa shape index (κ1) is 14.9. The van der Waals surface area contributed by atoms with Crippen LogP contribution in [0.2, 0.25) is 0 Å². The van der Waals surface area contributed by atoms with E-state index in [1.165, 1.54) is 12.0 Å². The van der Waals surface area contributed by atoms with Crippen molar-refractivity contribution in [2.24, 2.45) is 11.1 Å². The Kier molecular flexibility index (Phi) is 5.07. The first-order valence-corrected chi connectivity index (χ1v) is 6.47. The molecule has 6 heteroatoms. The highest BCUT2D eigenvalue weighted by atomic mass is 32.1. The minimum Gasteiger partial charge on any atom is -0.469 e. The Morgan fingerprint density at radius 1 is 1.39 bits per heavy atom. The third kappa shape index (κ3) is 2.98. The Morgan fingerprint density at radius 3 is 2.39 bits per heavy atom. The molecular weight excluding hydrogens is 252 g/mol. The highest BCUT2D eigenvalue weighted by molar-refractivity contribution is 7.80. The van der Waals surface area contributed by atoms with Crippen LogP contribution in [-0.2, 0) is 14.3 Å². The molecule has 0 aromatic heterocycles. The maximum atomic E-state index is 12.4. The molecule has 102 valence electrons. The quantitative estimate of drug-likeness (QED) is 0.593. The number of thiocarbonyl (C=S) groups is 1. The van der Waals surface area contributed by atoms with Crippen molar-refractivity contribution in [3.8, 4) is 0 Å². The van der Waals surface area contributed by atoms with Gasteiger partial charge in [-0.3, -0.25) is 9.59 Å². The van der Waals surface area contributed by atoms with Crippen LogP contribution in [0.25, 0.3) is 0 Å². The van der Waals surface area contributed by atoms with E-state index in [-0.39, 0.29) is 23.3 Å². The molecule has 1 saturated carbocycles. The van der Waals surface area contributed by atoms with Crippen molar-refractivity contribution in [2.45, 2.75) is 32.1 Å². The lowest BCUT2D eigenvalue weighted by atomic mass is 9.84. The van der Waals surface area contributed by atoms with Gasteiger partial charge >= 0.3 is 5.97 Å². The smallest absolute Gasteiger partial charge is 0.307 e. The van der Waals surface area contributed by atoms with Gasteiger partial charge in [-0.25, -0.2) is 0 Å². The number of ether oxygens (including phenoxy) is 1. The summed E-state index contributed by atoms with van der Waals surface area (Å²) in [7, 11) is 3.00. The summed E-state index contributed by atoms with van der Waals surface area (Å²) in [5, 5.41) is 0. The molecule has 0 bridgehead atoms. The molecule has 1 amide bonds. The number of nitrogens with two attached hydrogens (primary N) is 1. The molecule has 0 spiro atoms. The average molecular weight is 272 g/mol. The Morgan fingerprint density at radius 2 is 1.94 bits per heavy atom. The zero-order valence-corrected chi connectivity index (χ0v) is 11.7. The average Bonchev–Trinajstić information content (AvgIpc) is 2.84. The van der Waals surface area contributed by atoms with Gasteiger partial charge in [-0.2, -0.15) is 0 Å². The van der Waals surface area contributed by atoms with Gasteiger partial charge in [0.05, 0.1) is 23.9 Å². The summed E-state index contributed by atoms with van der Waals surface area (Å²) in [5.41, 5.74) is 5.05. The first-order chi connectivity index (χ1) is 8.44. The van der Waals surface area contributed by atoms with E-state index in [2.05, 4.69) is 4.74 Å². The van der Waals surface area contributed by atoms with Crippen molar-refractivity contribution in [1.29, 1.82) is 0 Å². The number of amides is 1. The molecule has 1 rings (SSSR count). The van der Waals surface area contributed by atoms with Gasteiger partial charge in [-0.15, -0.1) is 0 Å². The number of rotatable bonds is 5. The van der Waals surface area contributed by atoms with Crippen LogP contribution in [0.5, 0.6) is 0 Å². The van der Waals surface area contributed by atoms with Crippen molar-refractivity contribution in [3.63, 3.8) is 0 Å². The van der Waals surface area contributed by atoms with Crippen molar-refractivity contribution in [2.75, 3.05) is 20.7 Å². The lowest BCUT2D eigenvalue weighted by Gasteiger charge is -2.31. The molecule has 0 aromatic carbocycles. The Hall–Kier alpha value is -1.17. The molecule has 1 aliphatic rings. The molecule has 0 heterocycles. The van der Waals surface area contributed by atoms with Gasteiger partial charge in [-0.05, 0) is 12.8 Å². The fourth-order valence-corrected chi connectivity index (χ4v) is 2.66. The second kappa shape index (κ2) is 6.13. The lowest BCUT2D eigenvalue weighted by Crippen LogP contribution is -2.48. The minimum absolute atomic E-state index is 0.0728. The highest BCUT2D eigenvalue weighted by Gasteiger charge is 2.45. The molecule has 1 fully saturated rings. The molecule has 18 heavy (non-hydrogen) atoms. The van der Waals surface area contributed by atoms with E-state index in [1.54, 1.807) is 7.05 Å². The van der Waals surface area contributed by atoms with Crippen LogP contribution in [0.15, 0.2) is 0 Å². The summed E-state index contributed by atoms with van der Waals surface area (Å²) < 4.78 is 4.55. The van der Waals surface area contributed by atoms with E-state index in [9.17, 15) is 9.59 Å².